The average Bonchev–Trinajstić information content (AvgIpc) is 2.62. The van der Waals surface area contributed by atoms with Gasteiger partial charge >= 0.3 is 23.9 Å². The van der Waals surface area contributed by atoms with Gasteiger partial charge < -0.3 is 24.3 Å². The molecule has 0 radical (unpaired) electrons. The summed E-state index contributed by atoms with van der Waals surface area (Å²) < 4.78 is 20.2. The topological polar surface area (TPSA) is 134 Å². The Morgan fingerprint density at radius 3 is 1.80 bits per heavy atom. The van der Waals surface area contributed by atoms with Gasteiger partial charge in [-0.05, 0) is 19.1 Å². The fourth-order valence-corrected chi connectivity index (χ4v) is 2.43. The van der Waals surface area contributed by atoms with E-state index in [2.05, 4.69) is 5.32 Å². The van der Waals surface area contributed by atoms with Crippen molar-refractivity contribution in [2.45, 2.75) is 52.9 Å². The molecule has 0 saturated heterocycles. The second kappa shape index (κ2) is 11.5. The molecular weight excluding hydrogens is 398 g/mol. The van der Waals surface area contributed by atoms with Crippen molar-refractivity contribution in [1.29, 1.82) is 0 Å². The molecule has 1 rings (SSSR count). The molecule has 1 amide bonds. The first kappa shape index (κ1) is 24.6. The molecule has 10 heteroatoms. The minimum absolute atomic E-state index is 0.397. The van der Waals surface area contributed by atoms with E-state index >= 15 is 0 Å². The zero-order valence-electron chi connectivity index (χ0n) is 17.4. The molecule has 0 fully saturated rings. The van der Waals surface area contributed by atoms with Crippen LogP contribution in [0.3, 0.4) is 0 Å². The smallest absolute Gasteiger partial charge is 0.303 e. The van der Waals surface area contributed by atoms with Crippen molar-refractivity contribution in [3.8, 4) is 0 Å². The average molecular weight is 423 g/mol. The Labute approximate surface area is 173 Å². The Kier molecular flexibility index (Phi) is 9.47. The Bertz CT molecular complexity index is 788. The van der Waals surface area contributed by atoms with Crippen molar-refractivity contribution >= 4 is 35.5 Å². The molecule has 0 bridgehead atoms. The zero-order chi connectivity index (χ0) is 22.8. The summed E-state index contributed by atoms with van der Waals surface area (Å²) >= 11 is 0. The van der Waals surface area contributed by atoms with Crippen LogP contribution in [0.1, 0.15) is 33.3 Å². The number of aryl methyl sites for hydroxylation is 1. The summed E-state index contributed by atoms with van der Waals surface area (Å²) in [4.78, 5) is 58.8. The lowest BCUT2D eigenvalue weighted by Crippen LogP contribution is -2.52. The van der Waals surface area contributed by atoms with Crippen molar-refractivity contribution in [2.24, 2.45) is 0 Å². The van der Waals surface area contributed by atoms with Crippen LogP contribution in [0.15, 0.2) is 24.3 Å². The SMILES string of the molecule is CC(=O)OC[C@@H](OC(C)=O)[C@@H](OC(C)=O)[C@H](OC(C)=O)C(=O)Nc1ccc(C)cc1. The van der Waals surface area contributed by atoms with E-state index in [4.69, 9.17) is 18.9 Å². The van der Waals surface area contributed by atoms with Crippen LogP contribution in [0, 0.1) is 6.92 Å². The van der Waals surface area contributed by atoms with Gasteiger partial charge in [0, 0.05) is 33.4 Å². The fourth-order valence-electron chi connectivity index (χ4n) is 2.43. The summed E-state index contributed by atoms with van der Waals surface area (Å²) in [5.41, 5.74) is 1.35. The summed E-state index contributed by atoms with van der Waals surface area (Å²) in [5, 5.41) is 2.55. The summed E-state index contributed by atoms with van der Waals surface area (Å²) in [6.45, 7) is 5.67. The van der Waals surface area contributed by atoms with Crippen LogP contribution in [0.25, 0.3) is 0 Å². The van der Waals surface area contributed by atoms with Crippen molar-refractivity contribution in [3.05, 3.63) is 29.8 Å². The molecule has 10 nitrogen and oxygen atoms in total. The lowest BCUT2D eigenvalue weighted by molar-refractivity contribution is -0.190. The normalized spacial score (nSPS) is 13.2. The number of carbonyl (C=O) groups is 5. The van der Waals surface area contributed by atoms with Gasteiger partial charge in [0.2, 0.25) is 6.10 Å². The highest BCUT2D eigenvalue weighted by molar-refractivity contribution is 5.96. The molecule has 1 N–H and O–H groups in total. The van der Waals surface area contributed by atoms with Gasteiger partial charge in [-0.3, -0.25) is 24.0 Å². The molecule has 1 aromatic rings. The first-order valence-corrected chi connectivity index (χ1v) is 9.02. The van der Waals surface area contributed by atoms with E-state index in [9.17, 15) is 24.0 Å². The second-order valence-electron chi connectivity index (χ2n) is 6.41. The standard InChI is InChI=1S/C20H25NO9/c1-11-6-8-16(9-7-11)21-20(26)19(30-15(5)25)18(29-14(4)24)17(28-13(3)23)10-27-12(2)22/h6-9,17-19H,10H2,1-5H3,(H,21,26)/t17-,18-,19+/m1/s1. The fraction of sp³-hybridized carbons (Fsp3) is 0.450. The predicted octanol–water partition coefficient (Wildman–Crippen LogP) is 1.29. The lowest BCUT2D eigenvalue weighted by Gasteiger charge is -2.30. The van der Waals surface area contributed by atoms with Crippen molar-refractivity contribution in [2.75, 3.05) is 11.9 Å². The van der Waals surface area contributed by atoms with Gasteiger partial charge in [-0.25, -0.2) is 0 Å². The number of benzene rings is 1. The highest BCUT2D eigenvalue weighted by atomic mass is 16.6. The molecule has 0 aliphatic carbocycles. The molecule has 0 aliphatic heterocycles. The zero-order valence-corrected chi connectivity index (χ0v) is 17.4. The number of amides is 1. The quantitative estimate of drug-likeness (QED) is 0.460. The summed E-state index contributed by atoms with van der Waals surface area (Å²) in [6, 6.07) is 6.76. The molecule has 164 valence electrons. The van der Waals surface area contributed by atoms with E-state index in [1.165, 1.54) is 0 Å². The lowest BCUT2D eigenvalue weighted by atomic mass is 10.1. The number of anilines is 1. The highest BCUT2D eigenvalue weighted by Crippen LogP contribution is 2.18. The second-order valence-corrected chi connectivity index (χ2v) is 6.41. The molecule has 0 aliphatic rings. The number of hydrogen-bond acceptors (Lipinski definition) is 9. The summed E-state index contributed by atoms with van der Waals surface area (Å²) in [6.07, 6.45) is -4.66. The van der Waals surface area contributed by atoms with Crippen LogP contribution in [0.4, 0.5) is 5.69 Å². The Balaban J connectivity index is 3.25. The minimum Gasteiger partial charge on any atom is -0.462 e. The highest BCUT2D eigenvalue weighted by Gasteiger charge is 2.42. The van der Waals surface area contributed by atoms with Gasteiger partial charge in [-0.2, -0.15) is 0 Å². The summed E-state index contributed by atoms with van der Waals surface area (Å²) in [5.74, 6) is -3.99. The molecule has 0 heterocycles. The van der Waals surface area contributed by atoms with Crippen LogP contribution in [0.5, 0.6) is 0 Å². The Hall–Kier alpha value is -3.43. The minimum atomic E-state index is -1.69. The Morgan fingerprint density at radius 2 is 1.33 bits per heavy atom. The van der Waals surface area contributed by atoms with Crippen molar-refractivity contribution in [3.63, 3.8) is 0 Å². The number of hydrogen-bond donors (Lipinski definition) is 1. The first-order valence-electron chi connectivity index (χ1n) is 9.02. The predicted molar refractivity (Wildman–Crippen MR) is 103 cm³/mol. The van der Waals surface area contributed by atoms with Crippen LogP contribution in [-0.4, -0.2) is 54.7 Å². The van der Waals surface area contributed by atoms with E-state index in [1.54, 1.807) is 24.3 Å². The van der Waals surface area contributed by atoms with Gasteiger partial charge in [0.1, 0.15) is 6.61 Å². The van der Waals surface area contributed by atoms with E-state index in [0.717, 1.165) is 33.3 Å². The van der Waals surface area contributed by atoms with Gasteiger partial charge in [0.25, 0.3) is 5.91 Å². The monoisotopic (exact) mass is 423 g/mol. The van der Waals surface area contributed by atoms with E-state index in [0.29, 0.717) is 5.69 Å². The molecule has 30 heavy (non-hydrogen) atoms. The molecule has 3 atom stereocenters. The molecule has 0 spiro atoms. The van der Waals surface area contributed by atoms with E-state index in [-0.39, 0.29) is 0 Å². The van der Waals surface area contributed by atoms with Crippen molar-refractivity contribution < 1.29 is 42.9 Å². The van der Waals surface area contributed by atoms with E-state index < -0.39 is 54.7 Å². The third-order valence-corrected chi connectivity index (χ3v) is 3.61. The van der Waals surface area contributed by atoms with Gasteiger partial charge in [-0.1, -0.05) is 17.7 Å². The number of esters is 4. The molecule has 1 aromatic carbocycles. The molecular formula is C20H25NO9. The maximum absolute atomic E-state index is 12.9. The third-order valence-electron chi connectivity index (χ3n) is 3.61. The van der Waals surface area contributed by atoms with Crippen LogP contribution >= 0.6 is 0 Å². The van der Waals surface area contributed by atoms with Crippen LogP contribution in [0.2, 0.25) is 0 Å². The van der Waals surface area contributed by atoms with Crippen molar-refractivity contribution in [1.82, 2.24) is 0 Å². The first-order chi connectivity index (χ1) is 14.0. The summed E-state index contributed by atoms with van der Waals surface area (Å²) in [7, 11) is 0. The number of carbonyl (C=O) groups excluding carboxylic acids is 5. The molecule has 0 saturated carbocycles. The van der Waals surface area contributed by atoms with Crippen LogP contribution in [-0.2, 0) is 42.9 Å². The van der Waals surface area contributed by atoms with Crippen LogP contribution < -0.4 is 5.32 Å². The Morgan fingerprint density at radius 1 is 0.800 bits per heavy atom. The van der Waals surface area contributed by atoms with Gasteiger partial charge in [-0.15, -0.1) is 0 Å². The maximum atomic E-state index is 12.9. The maximum Gasteiger partial charge on any atom is 0.303 e. The van der Waals surface area contributed by atoms with Gasteiger partial charge in [0.15, 0.2) is 12.2 Å². The number of ether oxygens (including phenoxy) is 4. The largest absolute Gasteiger partial charge is 0.462 e. The third kappa shape index (κ3) is 8.72. The number of rotatable bonds is 9. The number of nitrogens with one attached hydrogen (secondary N) is 1. The van der Waals surface area contributed by atoms with E-state index in [1.807, 2.05) is 6.92 Å². The molecule has 0 unspecified atom stereocenters. The molecule has 0 aromatic heterocycles. The van der Waals surface area contributed by atoms with Gasteiger partial charge in [0.05, 0.1) is 0 Å².